The van der Waals surface area contributed by atoms with E-state index < -0.39 is 9.84 Å². The number of aromatic nitrogens is 2. The first-order valence-corrected chi connectivity index (χ1v) is 4.85. The van der Waals surface area contributed by atoms with E-state index in [4.69, 9.17) is 5.26 Å². The molecule has 0 unspecified atom stereocenters. The van der Waals surface area contributed by atoms with E-state index in [1.165, 1.54) is 12.4 Å². The lowest BCUT2D eigenvalue weighted by atomic mass is 10.4. The molecule has 0 aliphatic carbocycles. The quantitative estimate of drug-likeness (QED) is 0.560. The van der Waals surface area contributed by atoms with Crippen molar-refractivity contribution in [3.05, 3.63) is 18.0 Å². The zero-order chi connectivity index (χ0) is 9.19. The van der Waals surface area contributed by atoms with E-state index in [-0.39, 0.29) is 10.7 Å². The lowest BCUT2D eigenvalue weighted by Crippen LogP contribution is -2.03. The largest absolute Gasteiger partial charge is 0.246 e. The Morgan fingerprint density at radius 1 is 1.42 bits per heavy atom. The Morgan fingerprint density at radius 2 is 1.92 bits per heavy atom. The first kappa shape index (κ1) is 8.62. The van der Waals surface area contributed by atoms with Gasteiger partial charge in [0.25, 0.3) is 0 Å². The summed E-state index contributed by atoms with van der Waals surface area (Å²) in [4.78, 5) is 7.00. The summed E-state index contributed by atoms with van der Waals surface area (Å²) in [7, 11) is -3.36. The van der Waals surface area contributed by atoms with Crippen LogP contribution < -0.4 is 0 Å². The van der Waals surface area contributed by atoms with E-state index in [9.17, 15) is 8.42 Å². The molecule has 5 nitrogen and oxygen atoms in total. The molecule has 0 aromatic carbocycles. The normalized spacial score (nSPS) is 10.7. The molecule has 0 amide bonds. The van der Waals surface area contributed by atoms with Crippen LogP contribution >= 0.6 is 0 Å². The van der Waals surface area contributed by atoms with Gasteiger partial charge in [-0.1, -0.05) is 0 Å². The molecule has 0 N–H and O–H groups in total. The fourth-order valence-electron chi connectivity index (χ4n) is 0.565. The van der Waals surface area contributed by atoms with Gasteiger partial charge < -0.3 is 0 Å². The molecule has 0 saturated heterocycles. The second-order valence-electron chi connectivity index (χ2n) is 2.14. The average Bonchev–Trinajstić information content (AvgIpc) is 2.03. The predicted molar refractivity (Wildman–Crippen MR) is 39.9 cm³/mol. The van der Waals surface area contributed by atoms with E-state index in [2.05, 4.69) is 9.97 Å². The van der Waals surface area contributed by atoms with Crippen molar-refractivity contribution < 1.29 is 8.42 Å². The van der Waals surface area contributed by atoms with Gasteiger partial charge in [0.1, 0.15) is 6.07 Å². The Balaban J connectivity index is 3.20. The number of nitrogens with zero attached hydrogens (tertiary/aromatic N) is 3. The maximum atomic E-state index is 10.8. The molecule has 62 valence electrons. The highest BCUT2D eigenvalue weighted by molar-refractivity contribution is 7.90. The molecule has 0 fully saturated rings. The van der Waals surface area contributed by atoms with Gasteiger partial charge in [-0.3, -0.25) is 0 Å². The van der Waals surface area contributed by atoms with Crippen molar-refractivity contribution >= 4 is 9.84 Å². The van der Waals surface area contributed by atoms with Gasteiger partial charge in [0, 0.05) is 18.6 Å². The molecule has 1 rings (SSSR count). The molecule has 1 aromatic heterocycles. The first-order valence-electron chi connectivity index (χ1n) is 2.96. The average molecular weight is 183 g/mol. The third-order valence-corrected chi connectivity index (χ3v) is 1.96. The van der Waals surface area contributed by atoms with Crippen LogP contribution in [-0.4, -0.2) is 24.6 Å². The van der Waals surface area contributed by atoms with Crippen LogP contribution in [0.25, 0.3) is 0 Å². The van der Waals surface area contributed by atoms with E-state index in [1.807, 2.05) is 0 Å². The Bertz CT molecular complexity index is 415. The number of nitriles is 1. The van der Waals surface area contributed by atoms with E-state index in [0.29, 0.717) is 0 Å². The Kier molecular flexibility index (Phi) is 2.06. The minimum absolute atomic E-state index is 0.238. The van der Waals surface area contributed by atoms with E-state index in [1.54, 1.807) is 6.07 Å². The Morgan fingerprint density at radius 3 is 2.25 bits per heavy atom. The number of hydrogen-bond acceptors (Lipinski definition) is 5. The molecule has 0 saturated carbocycles. The summed E-state index contributed by atoms with van der Waals surface area (Å²) in [6, 6.07) is 1.79. The van der Waals surface area contributed by atoms with Crippen LogP contribution in [0.15, 0.2) is 17.6 Å². The molecule has 0 spiro atoms. The minimum Gasteiger partial charge on any atom is -0.225 e. The zero-order valence-electron chi connectivity index (χ0n) is 6.22. The van der Waals surface area contributed by atoms with Crippen molar-refractivity contribution in [1.29, 1.82) is 5.26 Å². The van der Waals surface area contributed by atoms with Crippen LogP contribution in [0.1, 0.15) is 5.56 Å². The van der Waals surface area contributed by atoms with Crippen molar-refractivity contribution in [1.82, 2.24) is 9.97 Å². The SMILES string of the molecule is CS(=O)(=O)c1ncc(C#N)cn1. The monoisotopic (exact) mass is 183 g/mol. The lowest BCUT2D eigenvalue weighted by molar-refractivity contribution is 0.593. The van der Waals surface area contributed by atoms with E-state index in [0.717, 1.165) is 6.26 Å². The highest BCUT2D eigenvalue weighted by Crippen LogP contribution is 2.00. The molecular weight excluding hydrogens is 178 g/mol. The van der Waals surface area contributed by atoms with Crippen molar-refractivity contribution in [2.75, 3.05) is 6.26 Å². The summed E-state index contributed by atoms with van der Waals surface area (Å²) in [5, 5.41) is 8.09. The van der Waals surface area contributed by atoms with Gasteiger partial charge in [0.2, 0.25) is 15.0 Å². The van der Waals surface area contributed by atoms with Gasteiger partial charge >= 0.3 is 0 Å². The molecule has 1 heterocycles. The third-order valence-electron chi connectivity index (χ3n) is 1.09. The van der Waals surface area contributed by atoms with Crippen LogP contribution in [0.4, 0.5) is 0 Å². The van der Waals surface area contributed by atoms with Gasteiger partial charge in [0.05, 0.1) is 5.56 Å². The third kappa shape index (κ3) is 1.77. The second kappa shape index (κ2) is 2.87. The summed E-state index contributed by atoms with van der Waals surface area (Å²) >= 11 is 0. The fraction of sp³-hybridized carbons (Fsp3) is 0.167. The van der Waals surface area contributed by atoms with Crippen LogP contribution in [0.5, 0.6) is 0 Å². The molecule has 0 bridgehead atoms. The molecule has 0 aliphatic rings. The highest BCUT2D eigenvalue weighted by Gasteiger charge is 2.09. The van der Waals surface area contributed by atoms with Crippen LogP contribution in [0.3, 0.4) is 0 Å². The number of hydrogen-bond donors (Lipinski definition) is 0. The van der Waals surface area contributed by atoms with Gasteiger partial charge in [0.15, 0.2) is 0 Å². The molecule has 0 aliphatic heterocycles. The standard InChI is InChI=1S/C6H5N3O2S/c1-12(10,11)6-8-3-5(2-7)4-9-6/h3-4H,1H3. The molecule has 0 atom stereocenters. The number of rotatable bonds is 1. The first-order chi connectivity index (χ1) is 5.54. The Hall–Kier alpha value is -1.48. The lowest BCUT2D eigenvalue weighted by Gasteiger charge is -1.93. The summed E-state index contributed by atoms with van der Waals surface area (Å²) in [5.74, 6) is 0. The van der Waals surface area contributed by atoms with Crippen LogP contribution in [0, 0.1) is 11.3 Å². The highest BCUT2D eigenvalue weighted by atomic mass is 32.2. The van der Waals surface area contributed by atoms with Crippen molar-refractivity contribution in [2.45, 2.75) is 5.16 Å². The maximum absolute atomic E-state index is 10.8. The zero-order valence-corrected chi connectivity index (χ0v) is 7.04. The van der Waals surface area contributed by atoms with Crippen molar-refractivity contribution in [3.63, 3.8) is 0 Å². The number of sulfone groups is 1. The predicted octanol–water partition coefficient (Wildman–Crippen LogP) is -0.248. The van der Waals surface area contributed by atoms with Crippen LogP contribution in [0.2, 0.25) is 0 Å². The minimum atomic E-state index is -3.36. The van der Waals surface area contributed by atoms with Crippen molar-refractivity contribution in [3.8, 4) is 6.07 Å². The molecule has 1 aromatic rings. The van der Waals surface area contributed by atoms with Crippen LogP contribution in [-0.2, 0) is 9.84 Å². The fourth-order valence-corrected chi connectivity index (χ4v) is 1.05. The molecule has 12 heavy (non-hydrogen) atoms. The van der Waals surface area contributed by atoms with Gasteiger partial charge in [-0.25, -0.2) is 18.4 Å². The summed E-state index contributed by atoms with van der Waals surface area (Å²) in [5.41, 5.74) is 0.238. The summed E-state index contributed by atoms with van der Waals surface area (Å²) in [6.07, 6.45) is 3.35. The van der Waals surface area contributed by atoms with Gasteiger partial charge in [-0.2, -0.15) is 5.26 Å². The summed E-state index contributed by atoms with van der Waals surface area (Å²) < 4.78 is 21.6. The maximum Gasteiger partial charge on any atom is 0.246 e. The smallest absolute Gasteiger partial charge is 0.225 e. The summed E-state index contributed by atoms with van der Waals surface area (Å²) in [6.45, 7) is 0. The molecular formula is C6H5N3O2S. The van der Waals surface area contributed by atoms with Crippen molar-refractivity contribution in [2.24, 2.45) is 0 Å². The van der Waals surface area contributed by atoms with Gasteiger partial charge in [-0.15, -0.1) is 0 Å². The topological polar surface area (TPSA) is 83.7 Å². The molecule has 0 radical (unpaired) electrons. The molecule has 6 heteroatoms. The Labute approximate surface area is 69.6 Å². The van der Waals surface area contributed by atoms with Gasteiger partial charge in [-0.05, 0) is 0 Å². The second-order valence-corrected chi connectivity index (χ2v) is 4.05. The van der Waals surface area contributed by atoms with E-state index >= 15 is 0 Å².